The summed E-state index contributed by atoms with van der Waals surface area (Å²) in [6, 6.07) is 0. The van der Waals surface area contributed by atoms with Crippen LogP contribution in [0.2, 0.25) is 0 Å². The smallest absolute Gasteiger partial charge is 0.224 e. The molecule has 1 fully saturated rings. The third-order valence-corrected chi connectivity index (χ3v) is 4.51. The SMILES string of the molecule is CCc1ncc2c(n1)CN(C(=O)CCN1C[C@@H](C)O[C@@H](C)C1)C2. The molecule has 126 valence electrons. The van der Waals surface area contributed by atoms with Gasteiger partial charge in [0.1, 0.15) is 5.82 Å². The van der Waals surface area contributed by atoms with Crippen molar-refractivity contribution in [1.29, 1.82) is 0 Å². The Kier molecular flexibility index (Phi) is 4.92. The van der Waals surface area contributed by atoms with Crippen molar-refractivity contribution in [3.8, 4) is 0 Å². The van der Waals surface area contributed by atoms with E-state index in [2.05, 4.69) is 28.7 Å². The van der Waals surface area contributed by atoms with Crippen molar-refractivity contribution in [2.45, 2.75) is 58.9 Å². The van der Waals surface area contributed by atoms with Crippen molar-refractivity contribution in [2.75, 3.05) is 19.6 Å². The van der Waals surface area contributed by atoms with Gasteiger partial charge >= 0.3 is 0 Å². The van der Waals surface area contributed by atoms with Crippen molar-refractivity contribution in [1.82, 2.24) is 19.8 Å². The highest BCUT2D eigenvalue weighted by Crippen LogP contribution is 2.21. The van der Waals surface area contributed by atoms with Crippen LogP contribution in [0.1, 0.15) is 44.3 Å². The summed E-state index contributed by atoms with van der Waals surface area (Å²) in [7, 11) is 0. The number of hydrogen-bond acceptors (Lipinski definition) is 5. The van der Waals surface area contributed by atoms with Gasteiger partial charge in [-0.1, -0.05) is 6.92 Å². The van der Waals surface area contributed by atoms with Crippen LogP contribution in [0.3, 0.4) is 0 Å². The summed E-state index contributed by atoms with van der Waals surface area (Å²) >= 11 is 0. The van der Waals surface area contributed by atoms with Gasteiger partial charge in [-0.3, -0.25) is 9.69 Å². The first-order valence-electron chi connectivity index (χ1n) is 8.54. The van der Waals surface area contributed by atoms with Gasteiger partial charge in [-0.15, -0.1) is 0 Å². The molecule has 2 aliphatic heterocycles. The first kappa shape index (κ1) is 16.3. The Balaban J connectivity index is 1.52. The predicted molar refractivity (Wildman–Crippen MR) is 86.7 cm³/mol. The van der Waals surface area contributed by atoms with E-state index in [0.29, 0.717) is 19.5 Å². The zero-order valence-electron chi connectivity index (χ0n) is 14.3. The molecule has 0 bridgehead atoms. The molecule has 1 aromatic heterocycles. The van der Waals surface area contributed by atoms with Crippen molar-refractivity contribution in [3.05, 3.63) is 23.3 Å². The van der Waals surface area contributed by atoms with E-state index in [0.717, 1.165) is 43.1 Å². The van der Waals surface area contributed by atoms with Crippen LogP contribution in [-0.2, 0) is 29.0 Å². The van der Waals surface area contributed by atoms with E-state index in [1.807, 2.05) is 18.0 Å². The normalized spacial score (nSPS) is 24.7. The van der Waals surface area contributed by atoms with Gasteiger partial charge in [-0.05, 0) is 13.8 Å². The van der Waals surface area contributed by atoms with E-state index < -0.39 is 0 Å². The third-order valence-electron chi connectivity index (χ3n) is 4.51. The van der Waals surface area contributed by atoms with Gasteiger partial charge in [0.25, 0.3) is 0 Å². The summed E-state index contributed by atoms with van der Waals surface area (Å²) in [5.41, 5.74) is 2.10. The maximum Gasteiger partial charge on any atom is 0.224 e. The minimum atomic E-state index is 0.202. The quantitative estimate of drug-likeness (QED) is 0.839. The summed E-state index contributed by atoms with van der Waals surface area (Å²) in [5, 5.41) is 0. The van der Waals surface area contributed by atoms with Gasteiger partial charge < -0.3 is 9.64 Å². The second-order valence-corrected chi connectivity index (χ2v) is 6.63. The molecule has 2 aliphatic rings. The lowest BCUT2D eigenvalue weighted by Crippen LogP contribution is -2.46. The summed E-state index contributed by atoms with van der Waals surface area (Å²) in [6.07, 6.45) is 3.75. The van der Waals surface area contributed by atoms with Crippen LogP contribution in [0.5, 0.6) is 0 Å². The number of carbonyl (C=O) groups excluding carboxylic acids is 1. The Morgan fingerprint density at radius 2 is 2.04 bits per heavy atom. The molecule has 1 saturated heterocycles. The van der Waals surface area contributed by atoms with Gasteiger partial charge in [0.15, 0.2) is 0 Å². The molecule has 0 saturated carbocycles. The number of amides is 1. The predicted octanol–water partition coefficient (Wildman–Crippen LogP) is 1.38. The molecule has 2 atom stereocenters. The summed E-state index contributed by atoms with van der Waals surface area (Å²) in [6.45, 7) is 10.1. The molecule has 0 N–H and O–H groups in total. The molecule has 6 heteroatoms. The van der Waals surface area contributed by atoms with Crippen LogP contribution in [-0.4, -0.2) is 57.5 Å². The van der Waals surface area contributed by atoms with E-state index >= 15 is 0 Å². The van der Waals surface area contributed by atoms with E-state index in [9.17, 15) is 4.79 Å². The Morgan fingerprint density at radius 3 is 2.74 bits per heavy atom. The monoisotopic (exact) mass is 318 g/mol. The molecule has 0 unspecified atom stereocenters. The van der Waals surface area contributed by atoms with E-state index in [1.54, 1.807) is 0 Å². The van der Waals surface area contributed by atoms with Crippen LogP contribution < -0.4 is 0 Å². The topological polar surface area (TPSA) is 58.6 Å². The number of morpholine rings is 1. The molecule has 3 heterocycles. The standard InChI is InChI=1S/C17H26N4O2/c1-4-16-18-7-14-10-21(11-15(14)19-16)17(22)5-6-20-8-12(2)23-13(3)9-20/h7,12-13H,4-6,8-11H2,1-3H3/t12-,13+. The fourth-order valence-electron chi connectivity index (χ4n) is 3.42. The highest BCUT2D eigenvalue weighted by Gasteiger charge is 2.27. The largest absolute Gasteiger partial charge is 0.373 e. The van der Waals surface area contributed by atoms with E-state index in [-0.39, 0.29) is 18.1 Å². The highest BCUT2D eigenvalue weighted by atomic mass is 16.5. The maximum absolute atomic E-state index is 12.5. The van der Waals surface area contributed by atoms with Gasteiger partial charge in [-0.2, -0.15) is 0 Å². The van der Waals surface area contributed by atoms with Crippen molar-refractivity contribution < 1.29 is 9.53 Å². The molecule has 0 aliphatic carbocycles. The molecule has 0 spiro atoms. The number of aryl methyl sites for hydroxylation is 1. The number of hydrogen-bond donors (Lipinski definition) is 0. The van der Waals surface area contributed by atoms with Crippen molar-refractivity contribution >= 4 is 5.91 Å². The van der Waals surface area contributed by atoms with Crippen LogP contribution in [0.15, 0.2) is 6.20 Å². The molecule has 1 aromatic rings. The van der Waals surface area contributed by atoms with Crippen LogP contribution in [0.4, 0.5) is 0 Å². The Labute approximate surface area is 137 Å². The van der Waals surface area contributed by atoms with Gasteiger partial charge in [0, 0.05) is 50.8 Å². The van der Waals surface area contributed by atoms with Gasteiger partial charge in [0.2, 0.25) is 5.91 Å². The minimum Gasteiger partial charge on any atom is -0.373 e. The van der Waals surface area contributed by atoms with Crippen molar-refractivity contribution in [3.63, 3.8) is 0 Å². The number of aromatic nitrogens is 2. The fraction of sp³-hybridized carbons (Fsp3) is 0.706. The summed E-state index contributed by atoms with van der Waals surface area (Å²) < 4.78 is 5.73. The number of ether oxygens (including phenoxy) is 1. The van der Waals surface area contributed by atoms with E-state index in [4.69, 9.17) is 4.74 Å². The van der Waals surface area contributed by atoms with Gasteiger partial charge in [-0.25, -0.2) is 9.97 Å². The molecular formula is C17H26N4O2. The Morgan fingerprint density at radius 1 is 1.30 bits per heavy atom. The zero-order chi connectivity index (χ0) is 16.4. The number of carbonyl (C=O) groups is 1. The lowest BCUT2D eigenvalue weighted by atomic mass is 10.2. The first-order chi connectivity index (χ1) is 11.0. The van der Waals surface area contributed by atoms with Gasteiger partial charge in [0.05, 0.1) is 24.4 Å². The maximum atomic E-state index is 12.5. The average molecular weight is 318 g/mol. The Bertz CT molecular complexity index is 568. The lowest BCUT2D eigenvalue weighted by Gasteiger charge is -2.35. The number of rotatable bonds is 4. The van der Waals surface area contributed by atoms with E-state index in [1.165, 1.54) is 0 Å². The fourth-order valence-corrected chi connectivity index (χ4v) is 3.42. The zero-order valence-corrected chi connectivity index (χ0v) is 14.3. The number of fused-ring (bicyclic) bond motifs is 1. The van der Waals surface area contributed by atoms with Crippen molar-refractivity contribution in [2.24, 2.45) is 0 Å². The second kappa shape index (κ2) is 6.93. The average Bonchev–Trinajstić information content (AvgIpc) is 2.94. The molecule has 6 nitrogen and oxygen atoms in total. The van der Waals surface area contributed by atoms with Crippen LogP contribution >= 0.6 is 0 Å². The highest BCUT2D eigenvalue weighted by molar-refractivity contribution is 5.77. The molecule has 1 amide bonds. The molecule has 23 heavy (non-hydrogen) atoms. The molecular weight excluding hydrogens is 292 g/mol. The Hall–Kier alpha value is -1.53. The summed E-state index contributed by atoms with van der Waals surface area (Å²) in [5.74, 6) is 1.06. The lowest BCUT2D eigenvalue weighted by molar-refractivity contribution is -0.133. The molecule has 0 radical (unpaired) electrons. The second-order valence-electron chi connectivity index (χ2n) is 6.63. The molecule has 3 rings (SSSR count). The van der Waals surface area contributed by atoms with Crippen LogP contribution in [0.25, 0.3) is 0 Å². The third kappa shape index (κ3) is 3.87. The summed E-state index contributed by atoms with van der Waals surface area (Å²) in [4.78, 5) is 25.6. The first-order valence-corrected chi connectivity index (χ1v) is 8.54. The molecule has 0 aromatic carbocycles. The van der Waals surface area contributed by atoms with Crippen LogP contribution in [0, 0.1) is 0 Å². The number of nitrogens with zero attached hydrogens (tertiary/aromatic N) is 4. The minimum absolute atomic E-state index is 0.202.